The molecule has 0 atom stereocenters. The maximum Gasteiger partial charge on any atom is 0.258 e. The van der Waals surface area contributed by atoms with Crippen molar-refractivity contribution in [3.63, 3.8) is 0 Å². The van der Waals surface area contributed by atoms with E-state index in [9.17, 15) is 9.18 Å². The molecule has 1 amide bonds. The van der Waals surface area contributed by atoms with E-state index >= 15 is 0 Å². The van der Waals surface area contributed by atoms with Gasteiger partial charge in [-0.3, -0.25) is 9.48 Å². The van der Waals surface area contributed by atoms with Crippen LogP contribution in [-0.2, 0) is 7.05 Å². The summed E-state index contributed by atoms with van der Waals surface area (Å²) < 4.78 is 14.9. The second-order valence-corrected chi connectivity index (χ2v) is 4.29. The van der Waals surface area contributed by atoms with Crippen molar-refractivity contribution in [3.8, 4) is 11.8 Å². The zero-order chi connectivity index (χ0) is 15.2. The number of carbonyl (C=O) groups excluding carboxylic acids is 1. The van der Waals surface area contributed by atoms with Gasteiger partial charge in [-0.1, -0.05) is 11.8 Å². The van der Waals surface area contributed by atoms with Gasteiger partial charge in [-0.05, 0) is 18.2 Å². The van der Waals surface area contributed by atoms with Crippen molar-refractivity contribution < 1.29 is 14.3 Å². The molecule has 1 heterocycles. The molecule has 2 N–H and O–H groups in total. The molecule has 0 saturated heterocycles. The standard InChI is InChI=1S/C15H14FN3O2/c1-19-8-7-14(18-19)17-15(21)13-10-12(16)6-5-11(13)4-2-3-9-20/h5-8,10,20H,3,9H2,1H3,(H,17,18,21). The largest absolute Gasteiger partial charge is 0.395 e. The molecule has 21 heavy (non-hydrogen) atoms. The molecule has 108 valence electrons. The first-order chi connectivity index (χ1) is 10.1. The van der Waals surface area contributed by atoms with Crippen molar-refractivity contribution in [1.29, 1.82) is 0 Å². The number of benzene rings is 1. The van der Waals surface area contributed by atoms with Gasteiger partial charge in [0, 0.05) is 31.3 Å². The van der Waals surface area contributed by atoms with Crippen molar-refractivity contribution >= 4 is 11.7 Å². The predicted molar refractivity (Wildman–Crippen MR) is 76.1 cm³/mol. The Balaban J connectivity index is 2.26. The Morgan fingerprint density at radius 1 is 1.48 bits per heavy atom. The molecule has 1 aromatic heterocycles. The summed E-state index contributed by atoms with van der Waals surface area (Å²) in [7, 11) is 1.73. The predicted octanol–water partition coefficient (Wildman–Crippen LogP) is 1.55. The van der Waals surface area contributed by atoms with E-state index in [1.54, 1.807) is 24.0 Å². The van der Waals surface area contributed by atoms with Crippen molar-refractivity contribution in [2.24, 2.45) is 7.05 Å². The van der Waals surface area contributed by atoms with Gasteiger partial charge in [0.25, 0.3) is 5.91 Å². The summed E-state index contributed by atoms with van der Waals surface area (Å²) in [5.74, 6) is 4.83. The molecule has 0 unspecified atom stereocenters. The van der Waals surface area contributed by atoms with Crippen LogP contribution < -0.4 is 5.32 Å². The normalized spacial score (nSPS) is 9.86. The topological polar surface area (TPSA) is 67.2 Å². The average Bonchev–Trinajstić information content (AvgIpc) is 2.86. The third-order valence-corrected chi connectivity index (χ3v) is 2.64. The van der Waals surface area contributed by atoms with Crippen LogP contribution in [0.4, 0.5) is 10.2 Å². The average molecular weight is 287 g/mol. The van der Waals surface area contributed by atoms with Gasteiger partial charge in [-0.25, -0.2) is 4.39 Å². The van der Waals surface area contributed by atoms with E-state index in [2.05, 4.69) is 22.3 Å². The first-order valence-corrected chi connectivity index (χ1v) is 6.30. The number of halogens is 1. The number of rotatable bonds is 3. The Hall–Kier alpha value is -2.65. The van der Waals surface area contributed by atoms with E-state index < -0.39 is 11.7 Å². The van der Waals surface area contributed by atoms with Gasteiger partial charge < -0.3 is 10.4 Å². The van der Waals surface area contributed by atoms with Gasteiger partial charge in [0.15, 0.2) is 5.82 Å². The lowest BCUT2D eigenvalue weighted by Crippen LogP contribution is -2.14. The third kappa shape index (κ3) is 3.91. The van der Waals surface area contributed by atoms with Gasteiger partial charge >= 0.3 is 0 Å². The van der Waals surface area contributed by atoms with E-state index in [-0.39, 0.29) is 12.2 Å². The fourth-order valence-electron chi connectivity index (χ4n) is 1.69. The zero-order valence-electron chi connectivity index (χ0n) is 11.4. The molecule has 6 heteroatoms. The molecule has 0 radical (unpaired) electrons. The van der Waals surface area contributed by atoms with Crippen LogP contribution >= 0.6 is 0 Å². The number of hydrogen-bond acceptors (Lipinski definition) is 3. The lowest BCUT2D eigenvalue weighted by Gasteiger charge is -2.05. The van der Waals surface area contributed by atoms with Crippen LogP contribution in [0, 0.1) is 17.7 Å². The number of aliphatic hydroxyl groups is 1. The second-order valence-electron chi connectivity index (χ2n) is 4.29. The van der Waals surface area contributed by atoms with Crippen molar-refractivity contribution in [2.45, 2.75) is 6.42 Å². The lowest BCUT2D eigenvalue weighted by atomic mass is 10.1. The van der Waals surface area contributed by atoms with E-state index in [4.69, 9.17) is 5.11 Å². The molecule has 0 saturated carbocycles. The molecule has 2 rings (SSSR count). The summed E-state index contributed by atoms with van der Waals surface area (Å²) in [5.41, 5.74) is 0.532. The van der Waals surface area contributed by atoms with Crippen LogP contribution in [0.1, 0.15) is 22.3 Å². The van der Waals surface area contributed by atoms with E-state index in [0.29, 0.717) is 17.8 Å². The Kier molecular flexibility index (Phi) is 4.69. The number of nitrogens with one attached hydrogen (secondary N) is 1. The highest BCUT2D eigenvalue weighted by Crippen LogP contribution is 2.13. The van der Waals surface area contributed by atoms with E-state index in [1.165, 1.54) is 12.1 Å². The highest BCUT2D eigenvalue weighted by atomic mass is 19.1. The molecule has 5 nitrogen and oxygen atoms in total. The fourth-order valence-corrected chi connectivity index (χ4v) is 1.69. The summed E-state index contributed by atoms with van der Waals surface area (Å²) in [5, 5.41) is 15.3. The first-order valence-electron chi connectivity index (χ1n) is 6.30. The maximum absolute atomic E-state index is 13.4. The second kappa shape index (κ2) is 6.68. The van der Waals surface area contributed by atoms with Crippen molar-refractivity contribution in [3.05, 3.63) is 47.4 Å². The molecular weight excluding hydrogens is 273 g/mol. The number of carbonyl (C=O) groups is 1. The van der Waals surface area contributed by atoms with Crippen molar-refractivity contribution in [1.82, 2.24) is 9.78 Å². The third-order valence-electron chi connectivity index (χ3n) is 2.64. The smallest absolute Gasteiger partial charge is 0.258 e. The summed E-state index contributed by atoms with van der Waals surface area (Å²) in [6.07, 6.45) is 1.97. The summed E-state index contributed by atoms with van der Waals surface area (Å²) in [6.45, 7) is -0.0658. The Morgan fingerprint density at radius 3 is 2.95 bits per heavy atom. The van der Waals surface area contributed by atoms with Crippen LogP contribution in [0.25, 0.3) is 0 Å². The Labute approximate surface area is 121 Å². The SMILES string of the molecule is Cn1ccc(NC(=O)c2cc(F)ccc2C#CCCO)n1. The highest BCUT2D eigenvalue weighted by Gasteiger charge is 2.13. The molecule has 1 aromatic carbocycles. The van der Waals surface area contributed by atoms with Gasteiger partial charge in [0.2, 0.25) is 0 Å². The minimum absolute atomic E-state index is 0.0658. The van der Waals surface area contributed by atoms with Crippen LogP contribution in [0.15, 0.2) is 30.5 Å². The number of hydrogen-bond donors (Lipinski definition) is 2. The summed E-state index contributed by atoms with van der Waals surface area (Å²) in [6, 6.07) is 5.43. The monoisotopic (exact) mass is 287 g/mol. The molecular formula is C15H14FN3O2. The number of amides is 1. The maximum atomic E-state index is 13.4. The number of nitrogens with zero attached hydrogens (tertiary/aromatic N) is 2. The van der Waals surface area contributed by atoms with Crippen LogP contribution in [-0.4, -0.2) is 27.4 Å². The first kappa shape index (κ1) is 14.8. The fraction of sp³-hybridized carbons (Fsp3) is 0.200. The van der Waals surface area contributed by atoms with Crippen LogP contribution in [0.2, 0.25) is 0 Å². The molecule has 0 bridgehead atoms. The molecule has 0 spiro atoms. The quantitative estimate of drug-likeness (QED) is 0.842. The van der Waals surface area contributed by atoms with Gasteiger partial charge in [0.1, 0.15) is 5.82 Å². The molecule has 0 aliphatic carbocycles. The molecule has 0 aliphatic rings. The number of aryl methyl sites for hydroxylation is 1. The van der Waals surface area contributed by atoms with E-state index in [1.807, 2.05) is 0 Å². The Bertz CT molecular complexity index is 713. The van der Waals surface area contributed by atoms with E-state index in [0.717, 1.165) is 6.07 Å². The molecule has 0 aliphatic heterocycles. The number of aliphatic hydroxyl groups excluding tert-OH is 1. The molecule has 0 fully saturated rings. The Morgan fingerprint density at radius 2 is 2.29 bits per heavy atom. The highest BCUT2D eigenvalue weighted by molar-refractivity contribution is 6.05. The lowest BCUT2D eigenvalue weighted by molar-refractivity contribution is 0.102. The summed E-state index contributed by atoms with van der Waals surface area (Å²) in [4.78, 5) is 12.2. The van der Waals surface area contributed by atoms with Crippen LogP contribution in [0.3, 0.4) is 0 Å². The minimum Gasteiger partial charge on any atom is -0.395 e. The minimum atomic E-state index is -0.520. The summed E-state index contributed by atoms with van der Waals surface area (Å²) >= 11 is 0. The van der Waals surface area contributed by atoms with Gasteiger partial charge in [-0.15, -0.1) is 0 Å². The van der Waals surface area contributed by atoms with Crippen molar-refractivity contribution in [2.75, 3.05) is 11.9 Å². The molecule has 2 aromatic rings. The van der Waals surface area contributed by atoms with Gasteiger partial charge in [0.05, 0.1) is 12.2 Å². The zero-order valence-corrected chi connectivity index (χ0v) is 11.4. The van der Waals surface area contributed by atoms with Gasteiger partial charge in [-0.2, -0.15) is 5.10 Å². The van der Waals surface area contributed by atoms with Crippen LogP contribution in [0.5, 0.6) is 0 Å². The number of aromatic nitrogens is 2. The number of anilines is 1.